The summed E-state index contributed by atoms with van der Waals surface area (Å²) in [6.45, 7) is 0. The van der Waals surface area contributed by atoms with Gasteiger partial charge >= 0.3 is 5.97 Å². The number of esters is 1. The molecule has 21 heavy (non-hydrogen) atoms. The highest BCUT2D eigenvalue weighted by Crippen LogP contribution is 2.17. The molecule has 0 saturated carbocycles. The molecule has 0 amide bonds. The van der Waals surface area contributed by atoms with Crippen molar-refractivity contribution in [3.8, 4) is 11.8 Å². The van der Waals surface area contributed by atoms with E-state index in [2.05, 4.69) is 0 Å². The van der Waals surface area contributed by atoms with Crippen molar-refractivity contribution in [2.45, 2.75) is 6.42 Å². The van der Waals surface area contributed by atoms with Crippen LogP contribution in [0.15, 0.2) is 48.5 Å². The standard InChI is InChI=1S/C15H10N2O4/c16-9-8-11-4-6-14(7-5-11)21-15(18)12-2-1-3-13(10-12)17(19)20/h1-7,10H,8H2. The minimum atomic E-state index is -0.674. The van der Waals surface area contributed by atoms with Crippen molar-refractivity contribution < 1.29 is 14.5 Å². The molecule has 0 spiro atoms. The zero-order chi connectivity index (χ0) is 15.2. The Morgan fingerprint density at radius 3 is 2.57 bits per heavy atom. The molecule has 0 aromatic heterocycles. The summed E-state index contributed by atoms with van der Waals surface area (Å²) in [5.74, 6) is -0.361. The van der Waals surface area contributed by atoms with Crippen LogP contribution in [0.5, 0.6) is 5.75 Å². The number of nitriles is 1. The summed E-state index contributed by atoms with van der Waals surface area (Å²) in [6, 6.07) is 13.8. The number of ether oxygens (including phenoxy) is 1. The van der Waals surface area contributed by atoms with Crippen molar-refractivity contribution in [1.82, 2.24) is 0 Å². The maximum absolute atomic E-state index is 11.9. The number of nitrogens with zero attached hydrogens (tertiary/aromatic N) is 2. The third-order valence-corrected chi connectivity index (χ3v) is 2.71. The fourth-order valence-corrected chi connectivity index (χ4v) is 1.68. The first-order valence-corrected chi connectivity index (χ1v) is 6.02. The van der Waals surface area contributed by atoms with Crippen LogP contribution in [0.25, 0.3) is 0 Å². The summed E-state index contributed by atoms with van der Waals surface area (Å²) in [6.07, 6.45) is 0.277. The van der Waals surface area contributed by atoms with Gasteiger partial charge in [-0.05, 0) is 23.8 Å². The van der Waals surface area contributed by atoms with Crippen molar-refractivity contribution >= 4 is 11.7 Å². The average Bonchev–Trinajstić information content (AvgIpc) is 2.49. The van der Waals surface area contributed by atoms with Gasteiger partial charge in [0.05, 0.1) is 23.0 Å². The average molecular weight is 282 g/mol. The Hall–Kier alpha value is -3.20. The Kier molecular flexibility index (Phi) is 4.26. The number of carbonyl (C=O) groups is 1. The SMILES string of the molecule is N#CCc1ccc(OC(=O)c2cccc([N+](=O)[O-])c2)cc1. The molecular formula is C15H10N2O4. The van der Waals surface area contributed by atoms with Gasteiger partial charge in [-0.15, -0.1) is 0 Å². The molecule has 0 N–H and O–H groups in total. The van der Waals surface area contributed by atoms with E-state index >= 15 is 0 Å². The fraction of sp³-hybridized carbons (Fsp3) is 0.0667. The molecule has 0 bridgehead atoms. The molecule has 0 aliphatic carbocycles. The van der Waals surface area contributed by atoms with Gasteiger partial charge in [-0.2, -0.15) is 5.26 Å². The van der Waals surface area contributed by atoms with E-state index in [1.165, 1.54) is 18.2 Å². The van der Waals surface area contributed by atoms with Gasteiger partial charge < -0.3 is 4.74 Å². The van der Waals surface area contributed by atoms with Gasteiger partial charge in [0.2, 0.25) is 0 Å². The number of benzene rings is 2. The first-order chi connectivity index (χ1) is 10.1. The molecule has 0 radical (unpaired) electrons. The number of non-ortho nitro benzene ring substituents is 1. The van der Waals surface area contributed by atoms with E-state index in [0.717, 1.165) is 11.6 Å². The molecule has 6 heteroatoms. The molecule has 2 aromatic rings. The first-order valence-electron chi connectivity index (χ1n) is 6.02. The molecule has 2 aromatic carbocycles. The number of hydrogen-bond donors (Lipinski definition) is 0. The molecule has 0 aliphatic heterocycles. The van der Waals surface area contributed by atoms with Gasteiger partial charge in [-0.25, -0.2) is 4.79 Å². The van der Waals surface area contributed by atoms with Crippen LogP contribution in [0, 0.1) is 21.4 Å². The van der Waals surface area contributed by atoms with Crippen LogP contribution in [0.3, 0.4) is 0 Å². The minimum Gasteiger partial charge on any atom is -0.423 e. The van der Waals surface area contributed by atoms with Crippen LogP contribution in [0.1, 0.15) is 15.9 Å². The van der Waals surface area contributed by atoms with Crippen LogP contribution in [-0.4, -0.2) is 10.9 Å². The third-order valence-electron chi connectivity index (χ3n) is 2.71. The monoisotopic (exact) mass is 282 g/mol. The summed E-state index contributed by atoms with van der Waals surface area (Å²) in [5, 5.41) is 19.2. The molecular weight excluding hydrogens is 272 g/mol. The Morgan fingerprint density at radius 1 is 1.24 bits per heavy atom. The van der Waals surface area contributed by atoms with Crippen molar-refractivity contribution in [3.63, 3.8) is 0 Å². The van der Waals surface area contributed by atoms with Crippen LogP contribution in [0.2, 0.25) is 0 Å². The molecule has 104 valence electrons. The largest absolute Gasteiger partial charge is 0.423 e. The second kappa shape index (κ2) is 6.30. The predicted octanol–water partition coefficient (Wildman–Crippen LogP) is 2.88. The zero-order valence-corrected chi connectivity index (χ0v) is 10.9. The summed E-state index contributed by atoms with van der Waals surface area (Å²) in [7, 11) is 0. The lowest BCUT2D eigenvalue weighted by Crippen LogP contribution is -2.08. The molecule has 0 saturated heterocycles. The maximum atomic E-state index is 11.9. The molecule has 0 atom stereocenters. The number of nitro benzene ring substituents is 1. The molecule has 0 fully saturated rings. The summed E-state index contributed by atoms with van der Waals surface area (Å²) >= 11 is 0. The van der Waals surface area contributed by atoms with Crippen LogP contribution < -0.4 is 4.74 Å². The lowest BCUT2D eigenvalue weighted by molar-refractivity contribution is -0.384. The topological polar surface area (TPSA) is 93.2 Å². The van der Waals surface area contributed by atoms with Crippen molar-refractivity contribution in [3.05, 3.63) is 69.8 Å². The van der Waals surface area contributed by atoms with E-state index in [4.69, 9.17) is 10.00 Å². The predicted molar refractivity (Wildman–Crippen MR) is 73.8 cm³/mol. The lowest BCUT2D eigenvalue weighted by Gasteiger charge is -2.04. The Bertz CT molecular complexity index is 717. The molecule has 2 rings (SSSR count). The van der Waals surface area contributed by atoms with Crippen LogP contribution in [-0.2, 0) is 6.42 Å². The summed E-state index contributed by atoms with van der Waals surface area (Å²) in [4.78, 5) is 22.0. The fourth-order valence-electron chi connectivity index (χ4n) is 1.68. The number of rotatable bonds is 4. The van der Waals surface area contributed by atoms with Crippen molar-refractivity contribution in [1.29, 1.82) is 5.26 Å². The van der Waals surface area contributed by atoms with Gasteiger partial charge in [0.15, 0.2) is 0 Å². The highest BCUT2D eigenvalue weighted by atomic mass is 16.6. The van der Waals surface area contributed by atoms with Crippen molar-refractivity contribution in [2.75, 3.05) is 0 Å². The van der Waals surface area contributed by atoms with Crippen LogP contribution >= 0.6 is 0 Å². The minimum absolute atomic E-state index is 0.102. The van der Waals surface area contributed by atoms with Gasteiger partial charge in [-0.1, -0.05) is 18.2 Å². The highest BCUT2D eigenvalue weighted by Gasteiger charge is 2.13. The molecule has 0 heterocycles. The van der Waals surface area contributed by atoms with E-state index in [9.17, 15) is 14.9 Å². The Balaban J connectivity index is 2.12. The van der Waals surface area contributed by atoms with E-state index < -0.39 is 10.9 Å². The van der Waals surface area contributed by atoms with E-state index in [-0.39, 0.29) is 17.7 Å². The Morgan fingerprint density at radius 2 is 1.95 bits per heavy atom. The van der Waals surface area contributed by atoms with Gasteiger partial charge in [0, 0.05) is 12.1 Å². The third kappa shape index (κ3) is 3.64. The molecule has 0 unspecified atom stereocenters. The smallest absolute Gasteiger partial charge is 0.343 e. The maximum Gasteiger partial charge on any atom is 0.343 e. The van der Waals surface area contributed by atoms with E-state index in [1.54, 1.807) is 24.3 Å². The first kappa shape index (κ1) is 14.2. The van der Waals surface area contributed by atoms with Gasteiger partial charge in [0.1, 0.15) is 5.75 Å². The van der Waals surface area contributed by atoms with E-state index in [0.29, 0.717) is 5.75 Å². The van der Waals surface area contributed by atoms with Gasteiger partial charge in [0.25, 0.3) is 5.69 Å². The number of hydrogen-bond acceptors (Lipinski definition) is 5. The Labute approximate surface area is 120 Å². The molecule has 0 aliphatic rings. The number of nitro groups is 1. The zero-order valence-electron chi connectivity index (χ0n) is 10.9. The second-order valence-corrected chi connectivity index (χ2v) is 4.18. The second-order valence-electron chi connectivity index (χ2n) is 4.18. The van der Waals surface area contributed by atoms with E-state index in [1.807, 2.05) is 6.07 Å². The lowest BCUT2D eigenvalue weighted by atomic mass is 10.1. The van der Waals surface area contributed by atoms with Gasteiger partial charge in [-0.3, -0.25) is 10.1 Å². The summed E-state index contributed by atoms with van der Waals surface area (Å²) < 4.78 is 5.12. The van der Waals surface area contributed by atoms with Crippen molar-refractivity contribution in [2.24, 2.45) is 0 Å². The normalized spacial score (nSPS) is 9.67. The number of carbonyl (C=O) groups excluding carboxylic acids is 1. The highest BCUT2D eigenvalue weighted by molar-refractivity contribution is 5.91. The molecule has 6 nitrogen and oxygen atoms in total. The van der Waals surface area contributed by atoms with Crippen LogP contribution in [0.4, 0.5) is 5.69 Å². The summed E-state index contributed by atoms with van der Waals surface area (Å²) in [5.41, 5.74) is 0.742. The quantitative estimate of drug-likeness (QED) is 0.372.